The molecule has 1 aromatic heterocycles. The second kappa shape index (κ2) is 8.96. The Bertz CT molecular complexity index is 1040. The maximum absolute atomic E-state index is 12.3. The van der Waals surface area contributed by atoms with E-state index in [4.69, 9.17) is 16.3 Å². The van der Waals surface area contributed by atoms with E-state index in [1.807, 2.05) is 49.6 Å². The number of hydrogen-bond donors (Lipinski definition) is 2. The van der Waals surface area contributed by atoms with Gasteiger partial charge in [-0.15, -0.1) is 0 Å². The number of fused-ring (bicyclic) bond motifs is 1. The van der Waals surface area contributed by atoms with Crippen LogP contribution in [0.25, 0.3) is 11.0 Å². The quantitative estimate of drug-likeness (QED) is 0.607. The second-order valence-electron chi connectivity index (χ2n) is 6.71. The number of nitrogens with zero attached hydrogens (tertiary/aromatic N) is 2. The van der Waals surface area contributed by atoms with Gasteiger partial charge in [-0.3, -0.25) is 20.4 Å². The highest BCUT2D eigenvalue weighted by molar-refractivity contribution is 6.30. The third-order valence-electron chi connectivity index (χ3n) is 4.47. The van der Waals surface area contributed by atoms with E-state index in [1.54, 1.807) is 12.1 Å². The molecule has 2 aromatic carbocycles. The van der Waals surface area contributed by atoms with Gasteiger partial charge in [-0.2, -0.15) is 0 Å². The molecule has 0 aliphatic carbocycles. The van der Waals surface area contributed by atoms with Crippen LogP contribution in [0.1, 0.15) is 23.9 Å². The molecular formula is C21H23ClN4O3. The van der Waals surface area contributed by atoms with Gasteiger partial charge in [0.15, 0.2) is 6.61 Å². The van der Waals surface area contributed by atoms with E-state index in [0.717, 1.165) is 28.0 Å². The minimum Gasteiger partial charge on any atom is -0.483 e. The Kier molecular flexibility index (Phi) is 6.39. The number of amides is 2. The maximum Gasteiger partial charge on any atom is 0.276 e. The van der Waals surface area contributed by atoms with Gasteiger partial charge in [0, 0.05) is 11.4 Å². The molecule has 152 valence electrons. The first-order chi connectivity index (χ1) is 13.9. The number of hydrazine groups is 1. The van der Waals surface area contributed by atoms with Gasteiger partial charge in [-0.05, 0) is 49.2 Å². The number of para-hydroxylation sites is 2. The number of benzene rings is 2. The molecule has 0 atom stereocenters. The summed E-state index contributed by atoms with van der Waals surface area (Å²) in [6.45, 7) is 5.52. The minimum absolute atomic E-state index is 0.0558. The molecule has 0 aliphatic rings. The fourth-order valence-corrected chi connectivity index (χ4v) is 3.52. The lowest BCUT2D eigenvalue weighted by molar-refractivity contribution is -0.130. The smallest absolute Gasteiger partial charge is 0.276 e. The summed E-state index contributed by atoms with van der Waals surface area (Å²) in [7, 11) is 0. The standard InChI is InChI=1S/C21H23ClN4O3/c1-4-18-23-16-7-5-6-8-17(16)26(18)11-19(27)24-25-20(28)12-29-21-13(2)9-15(22)10-14(21)3/h5-10H,4,11-12H2,1-3H3,(H,24,27)(H,25,28). The summed E-state index contributed by atoms with van der Waals surface area (Å²) in [5, 5.41) is 0.613. The molecule has 0 saturated carbocycles. The van der Waals surface area contributed by atoms with E-state index in [-0.39, 0.29) is 19.1 Å². The van der Waals surface area contributed by atoms with Crippen molar-refractivity contribution in [2.24, 2.45) is 0 Å². The minimum atomic E-state index is -0.460. The molecule has 2 amide bonds. The van der Waals surface area contributed by atoms with E-state index < -0.39 is 5.91 Å². The summed E-state index contributed by atoms with van der Waals surface area (Å²) >= 11 is 6.00. The van der Waals surface area contributed by atoms with Crippen molar-refractivity contribution in [3.05, 3.63) is 58.4 Å². The Morgan fingerprint density at radius 1 is 1.10 bits per heavy atom. The van der Waals surface area contributed by atoms with E-state index in [0.29, 0.717) is 17.2 Å². The van der Waals surface area contributed by atoms with Crippen LogP contribution in [0.4, 0.5) is 0 Å². The topological polar surface area (TPSA) is 85.3 Å². The third kappa shape index (κ3) is 4.86. The number of halogens is 1. The fourth-order valence-electron chi connectivity index (χ4n) is 3.19. The number of aryl methyl sites for hydroxylation is 3. The molecule has 0 spiro atoms. The Morgan fingerprint density at radius 2 is 1.76 bits per heavy atom. The predicted octanol–water partition coefficient (Wildman–Crippen LogP) is 3.10. The summed E-state index contributed by atoms with van der Waals surface area (Å²) < 4.78 is 7.42. The number of nitrogens with one attached hydrogen (secondary N) is 2. The van der Waals surface area contributed by atoms with Crippen molar-refractivity contribution in [3.8, 4) is 5.75 Å². The lowest BCUT2D eigenvalue weighted by atomic mass is 10.1. The number of aromatic nitrogens is 2. The monoisotopic (exact) mass is 414 g/mol. The molecule has 0 radical (unpaired) electrons. The van der Waals surface area contributed by atoms with Crippen molar-refractivity contribution in [2.75, 3.05) is 6.61 Å². The average molecular weight is 415 g/mol. The zero-order valence-corrected chi connectivity index (χ0v) is 17.3. The molecule has 2 N–H and O–H groups in total. The molecule has 0 bridgehead atoms. The van der Waals surface area contributed by atoms with Crippen LogP contribution >= 0.6 is 11.6 Å². The first-order valence-electron chi connectivity index (χ1n) is 9.30. The molecule has 0 unspecified atom stereocenters. The van der Waals surface area contributed by atoms with E-state index >= 15 is 0 Å². The zero-order valence-electron chi connectivity index (χ0n) is 16.6. The molecule has 3 rings (SSSR count). The predicted molar refractivity (Wildman–Crippen MR) is 112 cm³/mol. The Labute approximate surface area is 174 Å². The van der Waals surface area contributed by atoms with Crippen LogP contribution in [0.3, 0.4) is 0 Å². The number of hydrogen-bond acceptors (Lipinski definition) is 4. The summed E-state index contributed by atoms with van der Waals surface area (Å²) in [6, 6.07) is 11.2. The molecular weight excluding hydrogens is 392 g/mol. The van der Waals surface area contributed by atoms with Crippen molar-refractivity contribution in [1.82, 2.24) is 20.4 Å². The molecule has 3 aromatic rings. The van der Waals surface area contributed by atoms with E-state index in [2.05, 4.69) is 15.8 Å². The van der Waals surface area contributed by atoms with Crippen molar-refractivity contribution >= 4 is 34.4 Å². The van der Waals surface area contributed by atoms with Crippen LogP contribution in [0.15, 0.2) is 36.4 Å². The lowest BCUT2D eigenvalue weighted by Crippen LogP contribution is -2.45. The van der Waals surface area contributed by atoms with Crippen molar-refractivity contribution in [2.45, 2.75) is 33.7 Å². The van der Waals surface area contributed by atoms with Gasteiger partial charge in [0.25, 0.3) is 11.8 Å². The SMILES string of the molecule is CCc1nc2ccccc2n1CC(=O)NNC(=O)COc1c(C)cc(Cl)cc1C. The first-order valence-corrected chi connectivity index (χ1v) is 9.68. The number of ether oxygens (including phenoxy) is 1. The number of imidazole rings is 1. The number of carbonyl (C=O) groups excluding carboxylic acids is 2. The molecule has 1 heterocycles. The van der Waals surface area contributed by atoms with E-state index in [1.165, 1.54) is 0 Å². The summed E-state index contributed by atoms with van der Waals surface area (Å²) in [6.07, 6.45) is 0.696. The largest absolute Gasteiger partial charge is 0.483 e. The van der Waals surface area contributed by atoms with Gasteiger partial charge in [0.1, 0.15) is 18.1 Å². The van der Waals surface area contributed by atoms with Crippen molar-refractivity contribution < 1.29 is 14.3 Å². The highest BCUT2D eigenvalue weighted by atomic mass is 35.5. The van der Waals surface area contributed by atoms with E-state index in [9.17, 15) is 9.59 Å². The molecule has 0 aliphatic heterocycles. The van der Waals surface area contributed by atoms with Gasteiger partial charge in [0.2, 0.25) is 0 Å². The van der Waals surface area contributed by atoms with Crippen molar-refractivity contribution in [3.63, 3.8) is 0 Å². The fraction of sp³-hybridized carbons (Fsp3) is 0.286. The highest BCUT2D eigenvalue weighted by Crippen LogP contribution is 2.26. The number of carbonyl (C=O) groups is 2. The molecule has 29 heavy (non-hydrogen) atoms. The molecule has 0 saturated heterocycles. The summed E-state index contributed by atoms with van der Waals surface area (Å²) in [5.41, 5.74) is 8.19. The molecule has 8 heteroatoms. The van der Waals surface area contributed by atoms with Gasteiger partial charge >= 0.3 is 0 Å². The van der Waals surface area contributed by atoms with Gasteiger partial charge < -0.3 is 9.30 Å². The second-order valence-corrected chi connectivity index (χ2v) is 7.15. The molecule has 0 fully saturated rings. The average Bonchev–Trinajstić information content (AvgIpc) is 3.03. The van der Waals surface area contributed by atoms with Crippen LogP contribution in [0, 0.1) is 13.8 Å². The zero-order chi connectivity index (χ0) is 21.0. The van der Waals surface area contributed by atoms with Crippen LogP contribution in [-0.2, 0) is 22.6 Å². The molecule has 7 nitrogen and oxygen atoms in total. The van der Waals surface area contributed by atoms with Gasteiger partial charge in [-0.25, -0.2) is 4.98 Å². The Morgan fingerprint density at radius 3 is 2.45 bits per heavy atom. The summed E-state index contributed by atoms with van der Waals surface area (Å²) in [5.74, 6) is 0.603. The first kappa shape index (κ1) is 20.7. The van der Waals surface area contributed by atoms with Crippen LogP contribution < -0.4 is 15.6 Å². The lowest BCUT2D eigenvalue weighted by Gasteiger charge is -2.13. The van der Waals surface area contributed by atoms with Gasteiger partial charge in [0.05, 0.1) is 11.0 Å². The van der Waals surface area contributed by atoms with Crippen LogP contribution in [-0.4, -0.2) is 28.0 Å². The Hall–Kier alpha value is -3.06. The van der Waals surface area contributed by atoms with Crippen LogP contribution in [0.5, 0.6) is 5.75 Å². The van der Waals surface area contributed by atoms with Crippen LogP contribution in [0.2, 0.25) is 5.02 Å². The Balaban J connectivity index is 1.56. The highest BCUT2D eigenvalue weighted by Gasteiger charge is 2.13. The normalized spacial score (nSPS) is 10.8. The van der Waals surface area contributed by atoms with Crippen molar-refractivity contribution in [1.29, 1.82) is 0 Å². The van der Waals surface area contributed by atoms with Gasteiger partial charge in [-0.1, -0.05) is 30.7 Å². The third-order valence-corrected chi connectivity index (χ3v) is 4.68. The summed E-state index contributed by atoms with van der Waals surface area (Å²) in [4.78, 5) is 28.9. The number of rotatable bonds is 6. The maximum atomic E-state index is 12.3.